The van der Waals surface area contributed by atoms with E-state index in [2.05, 4.69) is 26.1 Å². The predicted molar refractivity (Wildman–Crippen MR) is 83.6 cm³/mol. The van der Waals surface area contributed by atoms with E-state index in [1.54, 1.807) is 0 Å². The van der Waals surface area contributed by atoms with E-state index in [1.165, 1.54) is 64.5 Å². The van der Waals surface area contributed by atoms with Crippen molar-refractivity contribution in [1.82, 2.24) is 5.32 Å². The monoisotopic (exact) mass is 269 g/mol. The van der Waals surface area contributed by atoms with Crippen molar-refractivity contribution in [2.24, 2.45) is 11.3 Å². The molecule has 2 nitrogen and oxygen atoms in total. The minimum Gasteiger partial charge on any atom is -0.381 e. The number of rotatable bonds is 10. The minimum atomic E-state index is 0.535. The SMILES string of the molecule is CCCCC(CC)(CNCCC)CC1CCOCC1. The van der Waals surface area contributed by atoms with E-state index >= 15 is 0 Å². The van der Waals surface area contributed by atoms with Crippen LogP contribution in [0.15, 0.2) is 0 Å². The fourth-order valence-corrected chi connectivity index (χ4v) is 3.35. The second-order valence-electron chi connectivity index (χ2n) is 6.39. The maximum atomic E-state index is 5.51. The van der Waals surface area contributed by atoms with Crippen LogP contribution in [0, 0.1) is 11.3 Å². The molecule has 1 fully saturated rings. The van der Waals surface area contributed by atoms with Crippen LogP contribution in [-0.2, 0) is 4.74 Å². The fraction of sp³-hybridized carbons (Fsp3) is 1.00. The molecule has 0 saturated carbocycles. The Bertz CT molecular complexity index is 213. The van der Waals surface area contributed by atoms with E-state index in [0.717, 1.165) is 19.1 Å². The summed E-state index contributed by atoms with van der Waals surface area (Å²) in [4.78, 5) is 0. The zero-order chi connectivity index (χ0) is 14.0. The van der Waals surface area contributed by atoms with Crippen LogP contribution < -0.4 is 5.32 Å². The molecule has 1 N–H and O–H groups in total. The molecule has 114 valence electrons. The van der Waals surface area contributed by atoms with Crippen molar-refractivity contribution in [2.75, 3.05) is 26.3 Å². The third-order valence-corrected chi connectivity index (χ3v) is 4.80. The first-order chi connectivity index (χ1) is 9.26. The van der Waals surface area contributed by atoms with Gasteiger partial charge in [0, 0.05) is 19.8 Å². The van der Waals surface area contributed by atoms with E-state index in [-0.39, 0.29) is 0 Å². The third kappa shape index (κ3) is 6.27. The Labute approximate surface area is 120 Å². The van der Waals surface area contributed by atoms with Crippen molar-refractivity contribution in [1.29, 1.82) is 0 Å². The lowest BCUT2D eigenvalue weighted by Gasteiger charge is -2.38. The number of nitrogens with one attached hydrogen (secondary N) is 1. The molecule has 0 spiro atoms. The highest BCUT2D eigenvalue weighted by Crippen LogP contribution is 2.38. The summed E-state index contributed by atoms with van der Waals surface area (Å²) >= 11 is 0. The molecule has 1 heterocycles. The number of ether oxygens (including phenoxy) is 1. The van der Waals surface area contributed by atoms with Gasteiger partial charge >= 0.3 is 0 Å². The molecule has 1 saturated heterocycles. The van der Waals surface area contributed by atoms with E-state index in [0.29, 0.717) is 5.41 Å². The quantitative estimate of drug-likeness (QED) is 0.594. The first-order valence-corrected chi connectivity index (χ1v) is 8.54. The van der Waals surface area contributed by atoms with Gasteiger partial charge in [-0.2, -0.15) is 0 Å². The smallest absolute Gasteiger partial charge is 0.0468 e. The summed E-state index contributed by atoms with van der Waals surface area (Å²) in [5.74, 6) is 0.897. The average molecular weight is 269 g/mol. The molecule has 0 aromatic rings. The molecule has 0 aliphatic carbocycles. The molecule has 1 aliphatic heterocycles. The summed E-state index contributed by atoms with van der Waals surface area (Å²) in [5.41, 5.74) is 0.535. The highest BCUT2D eigenvalue weighted by Gasteiger charge is 2.31. The molecular weight excluding hydrogens is 234 g/mol. The summed E-state index contributed by atoms with van der Waals surface area (Å²) in [6.45, 7) is 11.3. The molecule has 1 atom stereocenters. The average Bonchev–Trinajstić information content (AvgIpc) is 2.46. The lowest BCUT2D eigenvalue weighted by Crippen LogP contribution is -2.37. The lowest BCUT2D eigenvalue weighted by molar-refractivity contribution is 0.0429. The van der Waals surface area contributed by atoms with Crippen molar-refractivity contribution in [3.05, 3.63) is 0 Å². The molecule has 0 aromatic heterocycles. The van der Waals surface area contributed by atoms with Gasteiger partial charge < -0.3 is 10.1 Å². The van der Waals surface area contributed by atoms with Crippen LogP contribution in [0.25, 0.3) is 0 Å². The molecule has 1 unspecified atom stereocenters. The van der Waals surface area contributed by atoms with E-state index in [1.807, 2.05) is 0 Å². The standard InChI is InChI=1S/C17H35NO/c1-4-7-10-17(6-3,15-18-11-5-2)14-16-8-12-19-13-9-16/h16,18H,4-15H2,1-3H3. The van der Waals surface area contributed by atoms with E-state index in [4.69, 9.17) is 4.74 Å². The van der Waals surface area contributed by atoms with Crippen LogP contribution in [-0.4, -0.2) is 26.3 Å². The minimum absolute atomic E-state index is 0.535. The molecule has 0 bridgehead atoms. The third-order valence-electron chi connectivity index (χ3n) is 4.80. The summed E-state index contributed by atoms with van der Waals surface area (Å²) in [5, 5.41) is 3.69. The Morgan fingerprint density at radius 3 is 2.42 bits per heavy atom. The molecular formula is C17H35NO. The van der Waals surface area contributed by atoms with Crippen LogP contribution in [0.2, 0.25) is 0 Å². The normalized spacial score (nSPS) is 20.4. The number of unbranched alkanes of at least 4 members (excludes halogenated alkanes) is 1. The summed E-state index contributed by atoms with van der Waals surface area (Å²) < 4.78 is 5.51. The first-order valence-electron chi connectivity index (χ1n) is 8.54. The Morgan fingerprint density at radius 2 is 1.84 bits per heavy atom. The molecule has 1 rings (SSSR count). The van der Waals surface area contributed by atoms with Crippen LogP contribution in [0.5, 0.6) is 0 Å². The van der Waals surface area contributed by atoms with E-state index < -0.39 is 0 Å². The second-order valence-corrected chi connectivity index (χ2v) is 6.39. The van der Waals surface area contributed by atoms with Gasteiger partial charge in [0.2, 0.25) is 0 Å². The fourth-order valence-electron chi connectivity index (χ4n) is 3.35. The van der Waals surface area contributed by atoms with Gasteiger partial charge in [-0.1, -0.05) is 33.6 Å². The molecule has 19 heavy (non-hydrogen) atoms. The first kappa shape index (κ1) is 17.0. The largest absolute Gasteiger partial charge is 0.381 e. The zero-order valence-corrected chi connectivity index (χ0v) is 13.5. The van der Waals surface area contributed by atoms with Crippen molar-refractivity contribution in [2.45, 2.75) is 72.1 Å². The van der Waals surface area contributed by atoms with Crippen LogP contribution in [0.3, 0.4) is 0 Å². The van der Waals surface area contributed by atoms with Crippen LogP contribution in [0.4, 0.5) is 0 Å². The molecule has 0 aromatic carbocycles. The summed E-state index contributed by atoms with van der Waals surface area (Å²) in [6.07, 6.45) is 10.6. The van der Waals surface area contributed by atoms with Gasteiger partial charge in [0.25, 0.3) is 0 Å². The van der Waals surface area contributed by atoms with Gasteiger partial charge in [-0.05, 0) is 56.4 Å². The Kier molecular flexibility index (Phi) is 8.72. The predicted octanol–water partition coefficient (Wildman–Crippen LogP) is 4.39. The lowest BCUT2D eigenvalue weighted by atomic mass is 9.72. The van der Waals surface area contributed by atoms with Crippen LogP contribution >= 0.6 is 0 Å². The van der Waals surface area contributed by atoms with Gasteiger partial charge in [-0.15, -0.1) is 0 Å². The van der Waals surface area contributed by atoms with Crippen molar-refractivity contribution in [3.8, 4) is 0 Å². The van der Waals surface area contributed by atoms with Gasteiger partial charge in [0.15, 0.2) is 0 Å². The Balaban J connectivity index is 2.53. The molecule has 2 heteroatoms. The maximum absolute atomic E-state index is 5.51. The number of hydrogen-bond donors (Lipinski definition) is 1. The molecule has 1 aliphatic rings. The topological polar surface area (TPSA) is 21.3 Å². The van der Waals surface area contributed by atoms with Gasteiger partial charge in [-0.25, -0.2) is 0 Å². The number of hydrogen-bond acceptors (Lipinski definition) is 2. The molecule has 0 amide bonds. The van der Waals surface area contributed by atoms with E-state index in [9.17, 15) is 0 Å². The Hall–Kier alpha value is -0.0800. The van der Waals surface area contributed by atoms with Gasteiger partial charge in [0.05, 0.1) is 0 Å². The summed E-state index contributed by atoms with van der Waals surface area (Å²) in [7, 11) is 0. The maximum Gasteiger partial charge on any atom is 0.0468 e. The van der Waals surface area contributed by atoms with Gasteiger partial charge in [-0.3, -0.25) is 0 Å². The summed E-state index contributed by atoms with van der Waals surface area (Å²) in [6, 6.07) is 0. The molecule has 0 radical (unpaired) electrons. The zero-order valence-electron chi connectivity index (χ0n) is 13.5. The highest BCUT2D eigenvalue weighted by molar-refractivity contribution is 4.84. The van der Waals surface area contributed by atoms with Gasteiger partial charge in [0.1, 0.15) is 0 Å². The Morgan fingerprint density at radius 1 is 1.11 bits per heavy atom. The second kappa shape index (κ2) is 9.77. The highest BCUT2D eigenvalue weighted by atomic mass is 16.5. The van der Waals surface area contributed by atoms with Crippen molar-refractivity contribution >= 4 is 0 Å². The van der Waals surface area contributed by atoms with Crippen LogP contribution in [0.1, 0.15) is 72.1 Å². The van der Waals surface area contributed by atoms with Crippen molar-refractivity contribution in [3.63, 3.8) is 0 Å². The van der Waals surface area contributed by atoms with Crippen molar-refractivity contribution < 1.29 is 4.74 Å².